The molecule has 142 valence electrons. The van der Waals surface area contributed by atoms with Crippen molar-refractivity contribution in [2.24, 2.45) is 5.16 Å². The van der Waals surface area contributed by atoms with Crippen molar-refractivity contribution in [3.8, 4) is 5.75 Å². The molecule has 0 radical (unpaired) electrons. The number of carbonyl (C=O) groups excluding carboxylic acids is 1. The van der Waals surface area contributed by atoms with Gasteiger partial charge in [0.05, 0.1) is 11.2 Å². The van der Waals surface area contributed by atoms with Gasteiger partial charge in [-0.15, -0.1) is 0 Å². The van der Waals surface area contributed by atoms with Gasteiger partial charge in [0.1, 0.15) is 12.4 Å². The molecule has 0 aliphatic heterocycles. The second kappa shape index (κ2) is 10.1. The van der Waals surface area contributed by atoms with Gasteiger partial charge in [-0.05, 0) is 41.5 Å². The number of nitrogens with one attached hydrogen (secondary N) is 1. The Labute approximate surface area is 168 Å². The van der Waals surface area contributed by atoms with Crippen LogP contribution in [0.1, 0.15) is 11.1 Å². The van der Waals surface area contributed by atoms with Crippen molar-refractivity contribution in [2.45, 2.75) is 6.61 Å². The van der Waals surface area contributed by atoms with Crippen LogP contribution in [-0.4, -0.2) is 18.7 Å². The third kappa shape index (κ3) is 6.14. The molecule has 5 nitrogen and oxygen atoms in total. The van der Waals surface area contributed by atoms with Crippen LogP contribution >= 0.6 is 11.6 Å². The van der Waals surface area contributed by atoms with Gasteiger partial charge >= 0.3 is 0 Å². The summed E-state index contributed by atoms with van der Waals surface area (Å²) in [5, 5.41) is 6.99. The van der Waals surface area contributed by atoms with Crippen molar-refractivity contribution in [2.75, 3.05) is 11.9 Å². The molecular formula is C22H19ClN2O3. The number of carbonyl (C=O) groups is 1. The van der Waals surface area contributed by atoms with E-state index in [2.05, 4.69) is 10.5 Å². The lowest BCUT2D eigenvalue weighted by Gasteiger charge is -2.08. The average Bonchev–Trinajstić information content (AvgIpc) is 2.72. The van der Waals surface area contributed by atoms with Gasteiger partial charge in [-0.25, -0.2) is 0 Å². The Morgan fingerprint density at radius 2 is 1.71 bits per heavy atom. The van der Waals surface area contributed by atoms with Gasteiger partial charge in [0, 0.05) is 5.69 Å². The lowest BCUT2D eigenvalue weighted by Crippen LogP contribution is -2.16. The number of nitrogens with zero attached hydrogens (tertiary/aromatic N) is 1. The molecule has 0 saturated carbocycles. The zero-order valence-electron chi connectivity index (χ0n) is 15.0. The number of hydrogen-bond donors (Lipinski definition) is 1. The quantitative estimate of drug-likeness (QED) is 0.436. The average molecular weight is 395 g/mol. The van der Waals surface area contributed by atoms with Gasteiger partial charge in [-0.2, -0.15) is 0 Å². The highest BCUT2D eigenvalue weighted by molar-refractivity contribution is 6.32. The van der Waals surface area contributed by atoms with Crippen LogP contribution in [0, 0.1) is 0 Å². The summed E-state index contributed by atoms with van der Waals surface area (Å²) >= 11 is 6.26. The van der Waals surface area contributed by atoms with Crippen molar-refractivity contribution in [3.05, 3.63) is 95.0 Å². The number of ether oxygens (including phenoxy) is 1. The largest absolute Gasteiger partial charge is 0.487 e. The maximum Gasteiger partial charge on any atom is 0.265 e. The fourth-order valence-corrected chi connectivity index (χ4v) is 2.61. The fourth-order valence-electron chi connectivity index (χ4n) is 2.36. The van der Waals surface area contributed by atoms with Gasteiger partial charge in [0.15, 0.2) is 6.61 Å². The summed E-state index contributed by atoms with van der Waals surface area (Å²) in [6, 6.07) is 24.3. The molecule has 1 amide bonds. The Balaban J connectivity index is 1.46. The van der Waals surface area contributed by atoms with E-state index in [0.29, 0.717) is 23.1 Å². The van der Waals surface area contributed by atoms with E-state index in [1.54, 1.807) is 24.3 Å². The molecule has 0 bridgehead atoms. The molecule has 0 aromatic heterocycles. The van der Waals surface area contributed by atoms with E-state index in [-0.39, 0.29) is 12.5 Å². The molecule has 3 aromatic carbocycles. The number of amides is 1. The van der Waals surface area contributed by atoms with Crippen molar-refractivity contribution < 1.29 is 14.4 Å². The predicted molar refractivity (Wildman–Crippen MR) is 111 cm³/mol. The van der Waals surface area contributed by atoms with Gasteiger partial charge in [0.2, 0.25) is 0 Å². The van der Waals surface area contributed by atoms with Crippen LogP contribution in [0.15, 0.2) is 84.0 Å². The summed E-state index contributed by atoms with van der Waals surface area (Å²) in [4.78, 5) is 16.8. The predicted octanol–water partition coefficient (Wildman–Crippen LogP) is 4.91. The summed E-state index contributed by atoms with van der Waals surface area (Å²) in [6.07, 6.45) is 1.49. The van der Waals surface area contributed by atoms with E-state index in [9.17, 15) is 4.79 Å². The van der Waals surface area contributed by atoms with E-state index in [1.165, 1.54) is 6.21 Å². The Hall–Kier alpha value is -3.31. The van der Waals surface area contributed by atoms with Crippen LogP contribution in [0.2, 0.25) is 5.02 Å². The zero-order valence-corrected chi connectivity index (χ0v) is 15.8. The van der Waals surface area contributed by atoms with Crippen molar-refractivity contribution in [3.63, 3.8) is 0 Å². The molecule has 1 N–H and O–H groups in total. The van der Waals surface area contributed by atoms with Crippen LogP contribution < -0.4 is 10.1 Å². The molecule has 3 rings (SSSR count). The summed E-state index contributed by atoms with van der Waals surface area (Å²) in [6.45, 7) is 0.255. The van der Waals surface area contributed by atoms with E-state index >= 15 is 0 Å². The van der Waals surface area contributed by atoms with Crippen LogP contribution in [0.25, 0.3) is 0 Å². The maximum atomic E-state index is 11.8. The molecule has 0 saturated heterocycles. The van der Waals surface area contributed by atoms with Crippen molar-refractivity contribution in [1.82, 2.24) is 0 Å². The molecule has 0 unspecified atom stereocenters. The Morgan fingerprint density at radius 1 is 1.00 bits per heavy atom. The number of anilines is 1. The number of para-hydroxylation sites is 1. The molecule has 6 heteroatoms. The maximum absolute atomic E-state index is 11.8. The van der Waals surface area contributed by atoms with E-state index < -0.39 is 0 Å². The minimum absolute atomic E-state index is 0.183. The third-order valence-electron chi connectivity index (χ3n) is 3.72. The number of oxime groups is 1. The summed E-state index contributed by atoms with van der Waals surface area (Å²) in [7, 11) is 0. The third-order valence-corrected chi connectivity index (χ3v) is 4.02. The van der Waals surface area contributed by atoms with Crippen LogP contribution in [0.4, 0.5) is 5.69 Å². The minimum Gasteiger partial charge on any atom is -0.487 e. The summed E-state index contributed by atoms with van der Waals surface area (Å²) < 4.78 is 5.73. The van der Waals surface area contributed by atoms with Crippen molar-refractivity contribution in [1.29, 1.82) is 0 Å². The highest BCUT2D eigenvalue weighted by Crippen LogP contribution is 2.25. The summed E-state index contributed by atoms with van der Waals surface area (Å²) in [5.74, 6) is 0.303. The second-order valence-corrected chi connectivity index (χ2v) is 6.29. The van der Waals surface area contributed by atoms with E-state index in [1.807, 2.05) is 54.6 Å². The molecule has 0 aliphatic rings. The molecule has 0 aliphatic carbocycles. The smallest absolute Gasteiger partial charge is 0.265 e. The number of rotatable bonds is 8. The standard InChI is InChI=1S/C22H19ClN2O3/c23-20-13-18(11-12-21(20)27-15-17-7-3-1-4-8-17)14-24-28-16-22(26)25-19-9-5-2-6-10-19/h1-14H,15-16H2,(H,25,26). The fraction of sp³-hybridized carbons (Fsp3) is 0.0909. The first-order valence-electron chi connectivity index (χ1n) is 8.67. The van der Waals surface area contributed by atoms with Gasteiger partial charge < -0.3 is 14.9 Å². The number of halogens is 1. The summed E-state index contributed by atoms with van der Waals surface area (Å²) in [5.41, 5.74) is 2.50. The van der Waals surface area contributed by atoms with Gasteiger partial charge in [-0.3, -0.25) is 4.79 Å². The Morgan fingerprint density at radius 3 is 2.43 bits per heavy atom. The molecule has 28 heavy (non-hydrogen) atoms. The molecule has 0 heterocycles. The van der Waals surface area contributed by atoms with E-state index in [0.717, 1.165) is 11.1 Å². The normalized spacial score (nSPS) is 10.6. The molecule has 0 atom stereocenters. The van der Waals surface area contributed by atoms with Crippen molar-refractivity contribution >= 4 is 29.4 Å². The molecule has 0 spiro atoms. The zero-order chi connectivity index (χ0) is 19.6. The first-order valence-corrected chi connectivity index (χ1v) is 9.05. The SMILES string of the molecule is O=C(CON=Cc1ccc(OCc2ccccc2)c(Cl)c1)Nc1ccccc1. The molecule has 0 fully saturated rings. The lowest BCUT2D eigenvalue weighted by atomic mass is 10.2. The van der Waals surface area contributed by atoms with Crippen LogP contribution in [0.5, 0.6) is 5.75 Å². The minimum atomic E-state index is -0.286. The second-order valence-electron chi connectivity index (χ2n) is 5.89. The monoisotopic (exact) mass is 394 g/mol. The number of hydrogen-bond acceptors (Lipinski definition) is 4. The highest BCUT2D eigenvalue weighted by atomic mass is 35.5. The lowest BCUT2D eigenvalue weighted by molar-refractivity contribution is -0.120. The topological polar surface area (TPSA) is 59.9 Å². The van der Waals surface area contributed by atoms with Gasteiger partial charge in [-0.1, -0.05) is 65.3 Å². The molecule has 3 aromatic rings. The van der Waals surface area contributed by atoms with Crippen LogP contribution in [0.3, 0.4) is 0 Å². The first kappa shape index (κ1) is 19.5. The van der Waals surface area contributed by atoms with Crippen LogP contribution in [-0.2, 0) is 16.2 Å². The first-order chi connectivity index (χ1) is 13.7. The molecular weight excluding hydrogens is 376 g/mol. The van der Waals surface area contributed by atoms with Gasteiger partial charge in [0.25, 0.3) is 5.91 Å². The number of benzene rings is 3. The highest BCUT2D eigenvalue weighted by Gasteiger charge is 2.04. The Kier molecular flexibility index (Phi) is 7.04. The van der Waals surface area contributed by atoms with E-state index in [4.69, 9.17) is 21.2 Å². The Bertz CT molecular complexity index is 931.